The largest absolute Gasteiger partial charge is 0.494 e. The topological polar surface area (TPSA) is 57.2 Å². The molecule has 0 saturated heterocycles. The molecule has 0 fully saturated rings. The first-order valence-electron chi connectivity index (χ1n) is 9.40. The second-order valence-corrected chi connectivity index (χ2v) is 6.95. The van der Waals surface area contributed by atoms with Crippen LogP contribution in [0.2, 0.25) is 0 Å². The van der Waals surface area contributed by atoms with E-state index < -0.39 is 0 Å². The highest BCUT2D eigenvalue weighted by Gasteiger charge is 2.10. The number of carbonyl (C=O) groups is 1. The predicted octanol–water partition coefficient (Wildman–Crippen LogP) is 3.40. The zero-order valence-corrected chi connectivity index (χ0v) is 20.4. The molecule has 0 aliphatic heterocycles. The fourth-order valence-corrected chi connectivity index (χ4v) is 2.98. The van der Waals surface area contributed by atoms with Crippen LogP contribution in [0, 0.1) is 5.82 Å². The SMILES string of the molecule is CN=C(NCCc1cccc(C(=O)N(C)C)c1)N(C)Cc1ccc(OC)c(F)c1.I. The van der Waals surface area contributed by atoms with Crippen LogP contribution in [-0.2, 0) is 13.0 Å². The van der Waals surface area contributed by atoms with Crippen molar-refractivity contribution in [3.8, 4) is 5.75 Å². The number of hydrogen-bond acceptors (Lipinski definition) is 3. The van der Waals surface area contributed by atoms with Gasteiger partial charge in [-0.25, -0.2) is 4.39 Å². The molecule has 2 aromatic carbocycles. The predicted molar refractivity (Wildman–Crippen MR) is 129 cm³/mol. The zero-order valence-electron chi connectivity index (χ0n) is 18.1. The third-order valence-corrected chi connectivity index (χ3v) is 4.49. The molecule has 0 atom stereocenters. The number of aliphatic imine (C=N–C) groups is 1. The molecule has 0 heterocycles. The maximum absolute atomic E-state index is 13.9. The molecule has 2 rings (SSSR count). The lowest BCUT2D eigenvalue weighted by Crippen LogP contribution is -2.39. The maximum Gasteiger partial charge on any atom is 0.253 e. The number of ether oxygens (including phenoxy) is 1. The molecule has 2 aromatic rings. The lowest BCUT2D eigenvalue weighted by Gasteiger charge is -2.22. The van der Waals surface area contributed by atoms with Gasteiger partial charge in [0.05, 0.1) is 7.11 Å². The van der Waals surface area contributed by atoms with Crippen molar-refractivity contribution < 1.29 is 13.9 Å². The molecule has 0 aliphatic rings. The molecule has 0 spiro atoms. The molecule has 6 nitrogen and oxygen atoms in total. The Morgan fingerprint density at radius 3 is 2.47 bits per heavy atom. The molecule has 0 aliphatic carbocycles. The van der Waals surface area contributed by atoms with Gasteiger partial charge in [-0.1, -0.05) is 18.2 Å². The third kappa shape index (κ3) is 7.16. The Balaban J connectivity index is 0.00000450. The standard InChI is InChI=1S/C22H29FN4O2.HI/c1-24-22(27(4)15-17-9-10-20(29-5)19(23)14-17)25-12-11-16-7-6-8-18(13-16)21(28)26(2)3;/h6-10,13-14H,11-12,15H2,1-5H3,(H,24,25);1H. The molecule has 1 N–H and O–H groups in total. The second kappa shape index (κ2) is 12.4. The van der Waals surface area contributed by atoms with E-state index in [0.29, 0.717) is 24.6 Å². The lowest BCUT2D eigenvalue weighted by molar-refractivity contribution is 0.0827. The smallest absolute Gasteiger partial charge is 0.253 e. The zero-order chi connectivity index (χ0) is 21.4. The van der Waals surface area contributed by atoms with Gasteiger partial charge in [-0.15, -0.1) is 24.0 Å². The highest BCUT2D eigenvalue weighted by molar-refractivity contribution is 14.0. The van der Waals surface area contributed by atoms with Gasteiger partial charge in [-0.3, -0.25) is 9.79 Å². The van der Waals surface area contributed by atoms with E-state index in [1.54, 1.807) is 32.1 Å². The molecule has 0 saturated carbocycles. The van der Waals surface area contributed by atoms with Crippen molar-refractivity contribution in [2.75, 3.05) is 41.8 Å². The number of methoxy groups -OCH3 is 1. The van der Waals surface area contributed by atoms with E-state index in [1.807, 2.05) is 42.3 Å². The van der Waals surface area contributed by atoms with E-state index in [2.05, 4.69) is 10.3 Å². The van der Waals surface area contributed by atoms with Gasteiger partial charge in [-0.2, -0.15) is 0 Å². The van der Waals surface area contributed by atoms with E-state index in [1.165, 1.54) is 13.2 Å². The first-order chi connectivity index (χ1) is 13.8. The first-order valence-corrected chi connectivity index (χ1v) is 9.40. The summed E-state index contributed by atoms with van der Waals surface area (Å²) in [5.41, 5.74) is 2.57. The van der Waals surface area contributed by atoms with Crippen LogP contribution >= 0.6 is 24.0 Å². The number of hydrogen-bond donors (Lipinski definition) is 1. The maximum atomic E-state index is 13.9. The van der Waals surface area contributed by atoms with Crippen molar-refractivity contribution in [2.45, 2.75) is 13.0 Å². The fourth-order valence-electron chi connectivity index (χ4n) is 2.98. The van der Waals surface area contributed by atoms with E-state index in [4.69, 9.17) is 4.74 Å². The molecule has 1 amide bonds. The Morgan fingerprint density at radius 2 is 1.87 bits per heavy atom. The van der Waals surface area contributed by atoms with Crippen LogP contribution in [0.3, 0.4) is 0 Å². The summed E-state index contributed by atoms with van der Waals surface area (Å²) in [6.07, 6.45) is 0.749. The highest BCUT2D eigenvalue weighted by Crippen LogP contribution is 2.18. The number of nitrogens with zero attached hydrogens (tertiary/aromatic N) is 3. The fraction of sp³-hybridized carbons (Fsp3) is 0.364. The summed E-state index contributed by atoms with van der Waals surface area (Å²) in [4.78, 5) is 19.9. The second-order valence-electron chi connectivity index (χ2n) is 6.95. The molecule has 30 heavy (non-hydrogen) atoms. The number of halogens is 2. The average molecular weight is 528 g/mol. The van der Waals surface area contributed by atoms with Crippen LogP contribution in [0.4, 0.5) is 4.39 Å². The average Bonchev–Trinajstić information content (AvgIpc) is 2.70. The van der Waals surface area contributed by atoms with E-state index in [0.717, 1.165) is 17.5 Å². The van der Waals surface area contributed by atoms with Crippen LogP contribution in [0.5, 0.6) is 5.75 Å². The Morgan fingerprint density at radius 1 is 1.13 bits per heavy atom. The normalized spacial score (nSPS) is 10.8. The van der Waals surface area contributed by atoms with Crippen LogP contribution < -0.4 is 10.1 Å². The first kappa shape index (κ1) is 25.7. The number of rotatable bonds is 7. The van der Waals surface area contributed by atoms with Gasteiger partial charge < -0.3 is 19.9 Å². The van der Waals surface area contributed by atoms with Gasteiger partial charge in [0.1, 0.15) is 0 Å². The Hall–Kier alpha value is -2.36. The number of amides is 1. The van der Waals surface area contributed by atoms with Gasteiger partial charge in [0.15, 0.2) is 17.5 Å². The van der Waals surface area contributed by atoms with Crippen molar-refractivity contribution in [3.05, 3.63) is 65.0 Å². The Labute approximate surface area is 195 Å². The molecule has 0 aromatic heterocycles. The van der Waals surface area contributed by atoms with Gasteiger partial charge in [0.2, 0.25) is 0 Å². The van der Waals surface area contributed by atoms with Crippen LogP contribution in [-0.4, -0.2) is 63.5 Å². The van der Waals surface area contributed by atoms with Gasteiger partial charge in [0.25, 0.3) is 5.91 Å². The van der Waals surface area contributed by atoms with E-state index >= 15 is 0 Å². The number of guanidine groups is 1. The van der Waals surface area contributed by atoms with Crippen LogP contribution in [0.25, 0.3) is 0 Å². The quantitative estimate of drug-likeness (QED) is 0.340. The van der Waals surface area contributed by atoms with Gasteiger partial charge >= 0.3 is 0 Å². The number of benzene rings is 2. The molecule has 0 bridgehead atoms. The summed E-state index contributed by atoms with van der Waals surface area (Å²) < 4.78 is 18.9. The van der Waals surface area contributed by atoms with Crippen molar-refractivity contribution in [1.29, 1.82) is 0 Å². The summed E-state index contributed by atoms with van der Waals surface area (Å²) in [7, 11) is 8.54. The minimum absolute atomic E-state index is 0. The number of nitrogens with one attached hydrogen (secondary N) is 1. The van der Waals surface area contributed by atoms with E-state index in [9.17, 15) is 9.18 Å². The van der Waals surface area contributed by atoms with Gasteiger partial charge in [-0.05, 0) is 41.8 Å². The van der Waals surface area contributed by atoms with E-state index in [-0.39, 0.29) is 41.5 Å². The summed E-state index contributed by atoms with van der Waals surface area (Å²) in [5, 5.41) is 3.31. The minimum Gasteiger partial charge on any atom is -0.494 e. The monoisotopic (exact) mass is 528 g/mol. The summed E-state index contributed by atoms with van der Waals surface area (Å²) in [6.45, 7) is 1.17. The highest BCUT2D eigenvalue weighted by atomic mass is 127. The van der Waals surface area contributed by atoms with Crippen molar-refractivity contribution in [3.63, 3.8) is 0 Å². The van der Waals surface area contributed by atoms with Crippen molar-refractivity contribution in [2.24, 2.45) is 4.99 Å². The summed E-state index contributed by atoms with van der Waals surface area (Å²) >= 11 is 0. The van der Waals surface area contributed by atoms with Gasteiger partial charge in [0, 0.05) is 46.8 Å². The minimum atomic E-state index is -0.381. The third-order valence-electron chi connectivity index (χ3n) is 4.49. The summed E-state index contributed by atoms with van der Waals surface area (Å²) in [6, 6.07) is 12.5. The molecular weight excluding hydrogens is 498 g/mol. The number of carbonyl (C=O) groups excluding carboxylic acids is 1. The molecule has 8 heteroatoms. The van der Waals surface area contributed by atoms with Crippen LogP contribution in [0.1, 0.15) is 21.5 Å². The molecule has 164 valence electrons. The molecular formula is C22H30FIN4O2. The van der Waals surface area contributed by atoms with Crippen LogP contribution in [0.15, 0.2) is 47.5 Å². The van der Waals surface area contributed by atoms with Crippen molar-refractivity contribution in [1.82, 2.24) is 15.1 Å². The Bertz CT molecular complexity index is 874. The summed E-state index contributed by atoms with van der Waals surface area (Å²) in [5.74, 6) is 0.547. The molecule has 0 unspecified atom stereocenters. The van der Waals surface area contributed by atoms with Crippen molar-refractivity contribution >= 4 is 35.8 Å². The lowest BCUT2D eigenvalue weighted by atomic mass is 10.1. The Kier molecular flexibility index (Phi) is 10.6. The molecule has 0 radical (unpaired) electrons.